The first-order chi connectivity index (χ1) is 7.72. The molecule has 0 aliphatic heterocycles. The molecule has 86 valence electrons. The lowest BCUT2D eigenvalue weighted by atomic mass is 10.3. The molecule has 1 aromatic rings. The Hall–Kier alpha value is -1.69. The van der Waals surface area contributed by atoms with E-state index in [1.54, 1.807) is 13.2 Å². The molecule has 0 aliphatic rings. The summed E-state index contributed by atoms with van der Waals surface area (Å²) in [4.78, 5) is 4.19. The molecule has 0 saturated heterocycles. The molecule has 0 atom stereocenters. The first kappa shape index (κ1) is 12.4. The van der Waals surface area contributed by atoms with Crippen molar-refractivity contribution >= 4 is 23.3 Å². The SMILES string of the molecule is CNC(=N)NC(=S)NCCc1ccccn1. The van der Waals surface area contributed by atoms with Gasteiger partial charge in [-0.05, 0) is 24.4 Å². The number of nitrogens with zero attached hydrogens (tertiary/aromatic N) is 1. The number of pyridine rings is 1. The molecule has 0 radical (unpaired) electrons. The predicted octanol–water partition coefficient (Wildman–Crippen LogP) is 0.242. The molecule has 0 saturated carbocycles. The Balaban J connectivity index is 2.21. The molecule has 5 nitrogen and oxygen atoms in total. The molecule has 4 N–H and O–H groups in total. The van der Waals surface area contributed by atoms with Crippen molar-refractivity contribution in [1.82, 2.24) is 20.9 Å². The molecule has 0 amide bonds. The monoisotopic (exact) mass is 237 g/mol. The molecule has 1 heterocycles. The van der Waals surface area contributed by atoms with Gasteiger partial charge in [-0.2, -0.15) is 0 Å². The van der Waals surface area contributed by atoms with Crippen LogP contribution >= 0.6 is 12.2 Å². The van der Waals surface area contributed by atoms with Crippen molar-refractivity contribution in [1.29, 1.82) is 5.41 Å². The second kappa shape index (κ2) is 6.73. The van der Waals surface area contributed by atoms with Crippen LogP contribution in [0.5, 0.6) is 0 Å². The van der Waals surface area contributed by atoms with E-state index in [0.29, 0.717) is 11.7 Å². The highest BCUT2D eigenvalue weighted by molar-refractivity contribution is 7.80. The first-order valence-electron chi connectivity index (χ1n) is 4.93. The van der Waals surface area contributed by atoms with Crippen molar-refractivity contribution in [2.24, 2.45) is 0 Å². The Morgan fingerprint density at radius 1 is 1.50 bits per heavy atom. The molecule has 0 spiro atoms. The molecule has 0 unspecified atom stereocenters. The van der Waals surface area contributed by atoms with E-state index in [1.807, 2.05) is 18.2 Å². The first-order valence-corrected chi connectivity index (χ1v) is 5.34. The Kier molecular flexibility index (Phi) is 5.21. The summed E-state index contributed by atoms with van der Waals surface area (Å²) >= 11 is 4.99. The number of guanidine groups is 1. The van der Waals surface area contributed by atoms with Crippen LogP contribution in [0.25, 0.3) is 0 Å². The second-order valence-electron chi connectivity index (χ2n) is 3.08. The van der Waals surface area contributed by atoms with Crippen LogP contribution in [0.1, 0.15) is 5.69 Å². The van der Waals surface area contributed by atoms with E-state index >= 15 is 0 Å². The highest BCUT2D eigenvalue weighted by Crippen LogP contribution is 1.92. The summed E-state index contributed by atoms with van der Waals surface area (Å²) in [6.07, 6.45) is 2.57. The van der Waals surface area contributed by atoms with Crippen LogP contribution < -0.4 is 16.0 Å². The third-order valence-corrected chi connectivity index (χ3v) is 2.13. The normalized spacial score (nSPS) is 9.31. The molecule has 0 fully saturated rings. The summed E-state index contributed by atoms with van der Waals surface area (Å²) in [6, 6.07) is 5.81. The zero-order valence-corrected chi connectivity index (χ0v) is 9.90. The van der Waals surface area contributed by atoms with E-state index in [1.165, 1.54) is 0 Å². The smallest absolute Gasteiger partial charge is 0.194 e. The summed E-state index contributed by atoms with van der Waals surface area (Å²) in [6.45, 7) is 0.694. The minimum atomic E-state index is 0.176. The van der Waals surface area contributed by atoms with Gasteiger partial charge in [0.15, 0.2) is 11.1 Å². The lowest BCUT2D eigenvalue weighted by molar-refractivity contribution is 0.834. The average Bonchev–Trinajstić information content (AvgIpc) is 2.30. The quantitative estimate of drug-likeness (QED) is 0.344. The fourth-order valence-corrected chi connectivity index (χ4v) is 1.27. The van der Waals surface area contributed by atoms with Crippen molar-refractivity contribution in [2.45, 2.75) is 6.42 Å². The lowest BCUT2D eigenvalue weighted by Crippen LogP contribution is -2.44. The van der Waals surface area contributed by atoms with Gasteiger partial charge in [-0.25, -0.2) is 0 Å². The third kappa shape index (κ3) is 4.70. The minimum absolute atomic E-state index is 0.176. The maximum Gasteiger partial charge on any atom is 0.194 e. The van der Waals surface area contributed by atoms with E-state index in [2.05, 4.69) is 20.9 Å². The fourth-order valence-electron chi connectivity index (χ4n) is 1.07. The second-order valence-corrected chi connectivity index (χ2v) is 3.49. The van der Waals surface area contributed by atoms with Gasteiger partial charge in [0.25, 0.3) is 0 Å². The van der Waals surface area contributed by atoms with E-state index < -0.39 is 0 Å². The molecule has 0 aliphatic carbocycles. The molecular formula is C10H15N5S. The van der Waals surface area contributed by atoms with Crippen LogP contribution in [0.4, 0.5) is 0 Å². The summed E-state index contributed by atoms with van der Waals surface area (Å²) in [5.41, 5.74) is 1.02. The maximum atomic E-state index is 7.31. The van der Waals surface area contributed by atoms with Crippen LogP contribution in [0, 0.1) is 5.41 Å². The average molecular weight is 237 g/mol. The van der Waals surface area contributed by atoms with Gasteiger partial charge < -0.3 is 16.0 Å². The molecule has 6 heteroatoms. The molecule has 0 bridgehead atoms. The standard InChI is InChI=1S/C10H15N5S/c1-12-9(11)15-10(16)14-7-5-8-4-2-3-6-13-8/h2-4,6H,5,7H2,1H3,(H4,11,12,14,15,16). The molecule has 1 rings (SSSR count). The van der Waals surface area contributed by atoms with Crippen molar-refractivity contribution in [3.05, 3.63) is 30.1 Å². The number of thiocarbonyl (C=S) groups is 1. The Labute approximate surface area is 100 Å². The highest BCUT2D eigenvalue weighted by Gasteiger charge is 1.98. The summed E-state index contributed by atoms with van der Waals surface area (Å²) < 4.78 is 0. The fraction of sp³-hybridized carbons (Fsp3) is 0.300. The Morgan fingerprint density at radius 2 is 2.31 bits per heavy atom. The van der Waals surface area contributed by atoms with Crippen LogP contribution in [-0.4, -0.2) is 29.6 Å². The van der Waals surface area contributed by atoms with Crippen molar-refractivity contribution in [2.75, 3.05) is 13.6 Å². The Bertz CT molecular complexity index is 351. The van der Waals surface area contributed by atoms with Crippen LogP contribution in [-0.2, 0) is 6.42 Å². The summed E-state index contributed by atoms with van der Waals surface area (Å²) in [7, 11) is 1.66. The van der Waals surface area contributed by atoms with Crippen molar-refractivity contribution in [3.63, 3.8) is 0 Å². The number of nitrogens with one attached hydrogen (secondary N) is 4. The summed E-state index contributed by atoms with van der Waals surface area (Å²) in [5, 5.41) is 16.1. The van der Waals surface area contributed by atoms with Crippen LogP contribution in [0.3, 0.4) is 0 Å². The van der Waals surface area contributed by atoms with E-state index in [-0.39, 0.29) is 5.96 Å². The van der Waals surface area contributed by atoms with Gasteiger partial charge in [-0.15, -0.1) is 0 Å². The number of aromatic nitrogens is 1. The zero-order chi connectivity index (χ0) is 11.8. The predicted molar refractivity (Wildman–Crippen MR) is 68.5 cm³/mol. The van der Waals surface area contributed by atoms with Gasteiger partial charge in [0, 0.05) is 31.9 Å². The highest BCUT2D eigenvalue weighted by atomic mass is 32.1. The van der Waals surface area contributed by atoms with E-state index in [4.69, 9.17) is 17.6 Å². The lowest BCUT2D eigenvalue weighted by Gasteiger charge is -2.10. The van der Waals surface area contributed by atoms with Gasteiger partial charge in [-0.3, -0.25) is 10.4 Å². The molecule has 0 aromatic carbocycles. The zero-order valence-electron chi connectivity index (χ0n) is 9.08. The third-order valence-electron chi connectivity index (χ3n) is 1.88. The van der Waals surface area contributed by atoms with Gasteiger partial charge in [0.1, 0.15) is 0 Å². The van der Waals surface area contributed by atoms with Gasteiger partial charge >= 0.3 is 0 Å². The molecular weight excluding hydrogens is 222 g/mol. The van der Waals surface area contributed by atoms with Gasteiger partial charge in [-0.1, -0.05) is 6.07 Å². The van der Waals surface area contributed by atoms with Crippen LogP contribution in [0.2, 0.25) is 0 Å². The largest absolute Gasteiger partial charge is 0.362 e. The minimum Gasteiger partial charge on any atom is -0.362 e. The topological polar surface area (TPSA) is 72.8 Å². The van der Waals surface area contributed by atoms with Crippen molar-refractivity contribution in [3.8, 4) is 0 Å². The summed E-state index contributed by atoms with van der Waals surface area (Å²) in [5.74, 6) is 0.176. The van der Waals surface area contributed by atoms with E-state index in [9.17, 15) is 0 Å². The maximum absolute atomic E-state index is 7.31. The molecule has 1 aromatic heterocycles. The van der Waals surface area contributed by atoms with Gasteiger partial charge in [0.05, 0.1) is 0 Å². The Morgan fingerprint density at radius 3 is 2.94 bits per heavy atom. The molecule has 16 heavy (non-hydrogen) atoms. The number of hydrogen-bond donors (Lipinski definition) is 4. The number of hydrogen-bond acceptors (Lipinski definition) is 3. The van der Waals surface area contributed by atoms with Gasteiger partial charge in [0.2, 0.25) is 0 Å². The van der Waals surface area contributed by atoms with E-state index in [0.717, 1.165) is 12.1 Å². The van der Waals surface area contributed by atoms with Crippen LogP contribution in [0.15, 0.2) is 24.4 Å². The van der Waals surface area contributed by atoms with Crippen molar-refractivity contribution < 1.29 is 0 Å². The number of rotatable bonds is 3.